The van der Waals surface area contributed by atoms with Crippen LogP contribution in [-0.4, -0.2) is 87.8 Å². The standard InChI is InChI=1S/C19H33N5O7S/c20-8-2-1-4-13(19(30)31)23-17(28)14-5-3-9-24(14)18(29)12(6-7-15(25)26)22-16(27)11(21)10-32/h11-14,32H,1-10,20-21H2,(H,22,27)(H,23,28)(H,25,26)(H,30,31). The molecule has 32 heavy (non-hydrogen) atoms. The minimum Gasteiger partial charge on any atom is -0.481 e. The third-order valence-electron chi connectivity index (χ3n) is 5.19. The highest BCUT2D eigenvalue weighted by atomic mass is 32.1. The number of hydrogen-bond acceptors (Lipinski definition) is 8. The Morgan fingerprint density at radius 3 is 2.31 bits per heavy atom. The SMILES string of the molecule is NCCCCC(NC(=O)C1CCCN1C(=O)C(CCC(=O)O)NC(=O)C(N)CS)C(=O)O. The van der Waals surface area contributed by atoms with E-state index in [1.54, 1.807) is 0 Å². The van der Waals surface area contributed by atoms with E-state index in [-0.39, 0.29) is 31.6 Å². The summed E-state index contributed by atoms with van der Waals surface area (Å²) in [7, 11) is 0. The molecule has 1 aliphatic heterocycles. The fraction of sp³-hybridized carbons (Fsp3) is 0.737. The van der Waals surface area contributed by atoms with Crippen LogP contribution in [0.1, 0.15) is 44.9 Å². The molecule has 0 radical (unpaired) electrons. The highest BCUT2D eigenvalue weighted by Crippen LogP contribution is 2.20. The van der Waals surface area contributed by atoms with Gasteiger partial charge in [-0.2, -0.15) is 12.6 Å². The normalized spacial score (nSPS) is 18.5. The molecule has 8 N–H and O–H groups in total. The van der Waals surface area contributed by atoms with Gasteiger partial charge in [0, 0.05) is 18.7 Å². The van der Waals surface area contributed by atoms with Gasteiger partial charge in [0.15, 0.2) is 0 Å². The van der Waals surface area contributed by atoms with Crippen LogP contribution in [-0.2, 0) is 24.0 Å². The summed E-state index contributed by atoms with van der Waals surface area (Å²) in [5.41, 5.74) is 11.0. The van der Waals surface area contributed by atoms with Crippen LogP contribution < -0.4 is 22.1 Å². The van der Waals surface area contributed by atoms with Crippen LogP contribution in [0.25, 0.3) is 0 Å². The second-order valence-electron chi connectivity index (χ2n) is 7.66. The highest BCUT2D eigenvalue weighted by Gasteiger charge is 2.39. The summed E-state index contributed by atoms with van der Waals surface area (Å²) in [6, 6.07) is -4.19. The van der Waals surface area contributed by atoms with Crippen molar-refractivity contribution in [1.82, 2.24) is 15.5 Å². The molecule has 4 unspecified atom stereocenters. The second kappa shape index (κ2) is 13.9. The van der Waals surface area contributed by atoms with Crippen LogP contribution in [0.2, 0.25) is 0 Å². The van der Waals surface area contributed by atoms with E-state index in [0.29, 0.717) is 32.2 Å². The molecule has 0 aromatic rings. The van der Waals surface area contributed by atoms with Crippen LogP contribution in [0, 0.1) is 0 Å². The maximum atomic E-state index is 13.1. The third kappa shape index (κ3) is 8.63. The fourth-order valence-electron chi connectivity index (χ4n) is 3.41. The molecule has 1 rings (SSSR count). The average molecular weight is 476 g/mol. The zero-order valence-corrected chi connectivity index (χ0v) is 18.8. The lowest BCUT2D eigenvalue weighted by molar-refractivity contribution is -0.145. The van der Waals surface area contributed by atoms with Crippen molar-refractivity contribution in [3.63, 3.8) is 0 Å². The molecule has 4 atom stereocenters. The van der Waals surface area contributed by atoms with Gasteiger partial charge in [-0.3, -0.25) is 19.2 Å². The van der Waals surface area contributed by atoms with Gasteiger partial charge in [-0.1, -0.05) is 0 Å². The lowest BCUT2D eigenvalue weighted by atomic mass is 10.1. The lowest BCUT2D eigenvalue weighted by Gasteiger charge is -2.29. The molecule has 0 aromatic heterocycles. The maximum absolute atomic E-state index is 13.1. The van der Waals surface area contributed by atoms with E-state index >= 15 is 0 Å². The number of aliphatic carboxylic acids is 2. The summed E-state index contributed by atoms with van der Waals surface area (Å²) in [6.45, 7) is 0.630. The Labute approximate surface area is 191 Å². The van der Waals surface area contributed by atoms with Gasteiger partial charge in [-0.15, -0.1) is 0 Å². The van der Waals surface area contributed by atoms with Crippen molar-refractivity contribution < 1.29 is 34.2 Å². The molecule has 1 aliphatic rings. The number of amides is 3. The van der Waals surface area contributed by atoms with Gasteiger partial charge in [-0.05, 0) is 45.1 Å². The van der Waals surface area contributed by atoms with Crippen LogP contribution in [0.4, 0.5) is 0 Å². The minimum atomic E-state index is -1.18. The van der Waals surface area contributed by atoms with E-state index in [4.69, 9.17) is 16.6 Å². The number of nitrogens with two attached hydrogens (primary N) is 2. The molecule has 182 valence electrons. The van der Waals surface area contributed by atoms with Gasteiger partial charge in [-0.25, -0.2) is 4.79 Å². The number of carbonyl (C=O) groups is 5. The average Bonchev–Trinajstić information content (AvgIpc) is 3.24. The van der Waals surface area contributed by atoms with Gasteiger partial charge in [0.05, 0.1) is 6.04 Å². The topological polar surface area (TPSA) is 205 Å². The Morgan fingerprint density at radius 2 is 1.75 bits per heavy atom. The summed E-state index contributed by atoms with van der Waals surface area (Å²) in [5, 5.41) is 23.3. The molecule has 1 heterocycles. The predicted molar refractivity (Wildman–Crippen MR) is 118 cm³/mol. The van der Waals surface area contributed by atoms with E-state index in [0.717, 1.165) is 0 Å². The Balaban J connectivity index is 2.91. The summed E-state index contributed by atoms with van der Waals surface area (Å²) < 4.78 is 0. The number of thiol groups is 1. The first-order valence-electron chi connectivity index (χ1n) is 10.5. The third-order valence-corrected chi connectivity index (χ3v) is 5.59. The lowest BCUT2D eigenvalue weighted by Crippen LogP contribution is -2.57. The van der Waals surface area contributed by atoms with Crippen molar-refractivity contribution in [3.8, 4) is 0 Å². The first kappa shape index (κ1) is 27.7. The number of nitrogens with zero attached hydrogens (tertiary/aromatic N) is 1. The van der Waals surface area contributed by atoms with Crippen molar-refractivity contribution >= 4 is 42.3 Å². The van der Waals surface area contributed by atoms with Crippen molar-refractivity contribution in [3.05, 3.63) is 0 Å². The van der Waals surface area contributed by atoms with Crippen molar-refractivity contribution in [1.29, 1.82) is 0 Å². The number of unbranched alkanes of at least 4 members (excludes halogenated alkanes) is 1. The van der Waals surface area contributed by atoms with E-state index in [9.17, 15) is 29.1 Å². The number of rotatable bonds is 14. The predicted octanol–water partition coefficient (Wildman–Crippen LogP) is -1.72. The van der Waals surface area contributed by atoms with Crippen LogP contribution >= 0.6 is 12.6 Å². The summed E-state index contributed by atoms with van der Waals surface area (Å²) in [5.74, 6) is -4.17. The van der Waals surface area contributed by atoms with Crippen LogP contribution in [0.15, 0.2) is 0 Å². The van der Waals surface area contributed by atoms with Gasteiger partial charge in [0.2, 0.25) is 17.7 Å². The molecule has 0 spiro atoms. The monoisotopic (exact) mass is 475 g/mol. The van der Waals surface area contributed by atoms with Crippen LogP contribution in [0.3, 0.4) is 0 Å². The second-order valence-corrected chi connectivity index (χ2v) is 8.02. The van der Waals surface area contributed by atoms with Crippen molar-refractivity contribution in [2.24, 2.45) is 11.5 Å². The zero-order valence-electron chi connectivity index (χ0n) is 17.9. The summed E-state index contributed by atoms with van der Waals surface area (Å²) in [4.78, 5) is 61.7. The number of carboxylic acids is 2. The van der Waals surface area contributed by atoms with Crippen LogP contribution in [0.5, 0.6) is 0 Å². The van der Waals surface area contributed by atoms with E-state index in [1.165, 1.54) is 4.90 Å². The number of carbonyl (C=O) groups excluding carboxylic acids is 3. The first-order chi connectivity index (χ1) is 15.1. The molecular weight excluding hydrogens is 442 g/mol. The van der Waals surface area contributed by atoms with Crippen molar-refractivity contribution in [2.75, 3.05) is 18.8 Å². The molecule has 0 aliphatic carbocycles. The molecule has 0 saturated carbocycles. The largest absolute Gasteiger partial charge is 0.481 e. The Hall–Kier alpha value is -2.38. The van der Waals surface area contributed by atoms with Gasteiger partial charge < -0.3 is 37.2 Å². The highest BCUT2D eigenvalue weighted by molar-refractivity contribution is 7.80. The smallest absolute Gasteiger partial charge is 0.326 e. The number of nitrogens with one attached hydrogen (secondary N) is 2. The summed E-state index contributed by atoms with van der Waals surface area (Å²) in [6.07, 6.45) is 1.62. The number of likely N-dealkylation sites (tertiary alicyclic amines) is 1. The molecule has 12 nitrogen and oxygen atoms in total. The Kier molecular flexibility index (Phi) is 12.0. The van der Waals surface area contributed by atoms with Gasteiger partial charge in [0.1, 0.15) is 18.1 Å². The molecular formula is C19H33N5O7S. The number of hydrogen-bond donors (Lipinski definition) is 7. The molecule has 0 aromatic carbocycles. The maximum Gasteiger partial charge on any atom is 0.326 e. The van der Waals surface area contributed by atoms with E-state index in [1.807, 2.05) is 0 Å². The molecule has 1 fully saturated rings. The van der Waals surface area contributed by atoms with Crippen molar-refractivity contribution in [2.45, 2.75) is 69.1 Å². The van der Waals surface area contributed by atoms with Gasteiger partial charge >= 0.3 is 11.9 Å². The molecule has 3 amide bonds. The summed E-state index contributed by atoms with van der Waals surface area (Å²) >= 11 is 3.94. The fourth-order valence-corrected chi connectivity index (χ4v) is 3.57. The zero-order chi connectivity index (χ0) is 24.3. The molecule has 13 heteroatoms. The first-order valence-corrected chi connectivity index (χ1v) is 11.2. The quantitative estimate of drug-likeness (QED) is 0.113. The van der Waals surface area contributed by atoms with E-state index < -0.39 is 53.8 Å². The van der Waals surface area contributed by atoms with E-state index in [2.05, 4.69) is 23.3 Å². The Morgan fingerprint density at radius 1 is 1.06 bits per heavy atom. The minimum absolute atomic E-state index is 0.0289. The number of carboxylic acid groups (broad SMARTS) is 2. The molecule has 1 saturated heterocycles. The Bertz CT molecular complexity index is 693. The molecule has 0 bridgehead atoms. The van der Waals surface area contributed by atoms with Gasteiger partial charge in [0.25, 0.3) is 0 Å².